The minimum absolute atomic E-state index is 0.707. The Hall–Kier alpha value is 0.110. The number of aromatic nitrogens is 1. The highest BCUT2D eigenvalue weighted by Crippen LogP contribution is 2.17. The summed E-state index contributed by atoms with van der Waals surface area (Å²) in [5, 5.41) is 3.25. The van der Waals surface area contributed by atoms with Crippen molar-refractivity contribution in [3.8, 4) is 0 Å². The number of nitrogens with zero attached hydrogens (tertiary/aromatic N) is 1. The van der Waals surface area contributed by atoms with Gasteiger partial charge in [-0.15, -0.1) is 11.3 Å². The maximum Gasteiger partial charge on any atom is 0.117 e. The molecule has 0 saturated heterocycles. The molecule has 3 heteroatoms. The first-order valence-electron chi connectivity index (χ1n) is 3.28. The summed E-state index contributed by atoms with van der Waals surface area (Å²) in [5.41, 5.74) is 0. The van der Waals surface area contributed by atoms with Crippen LogP contribution in [0.25, 0.3) is 0 Å². The van der Waals surface area contributed by atoms with Crippen LogP contribution in [0, 0.1) is 5.92 Å². The average molecular weight is 220 g/mol. The normalized spacial score (nSPS) is 10.8. The third-order valence-corrected chi connectivity index (χ3v) is 2.69. The Labute approximate surface area is 73.6 Å². The number of rotatable bonds is 2. The van der Waals surface area contributed by atoms with E-state index >= 15 is 0 Å². The van der Waals surface area contributed by atoms with Gasteiger partial charge in [0, 0.05) is 11.8 Å². The Balaban J connectivity index is 2.58. The van der Waals surface area contributed by atoms with Crippen molar-refractivity contribution in [2.75, 3.05) is 0 Å². The van der Waals surface area contributed by atoms with Crippen LogP contribution in [-0.4, -0.2) is 4.98 Å². The van der Waals surface area contributed by atoms with Crippen molar-refractivity contribution < 1.29 is 0 Å². The molecule has 0 amide bonds. The first-order chi connectivity index (χ1) is 4.68. The van der Waals surface area contributed by atoms with E-state index in [9.17, 15) is 0 Å². The van der Waals surface area contributed by atoms with Crippen molar-refractivity contribution in [2.45, 2.75) is 20.3 Å². The third-order valence-electron chi connectivity index (χ3n) is 1.11. The van der Waals surface area contributed by atoms with E-state index in [1.54, 1.807) is 11.3 Å². The Kier molecular flexibility index (Phi) is 2.86. The molecule has 1 rings (SSSR count). The lowest BCUT2D eigenvalue weighted by Crippen LogP contribution is -1.91. The largest absolute Gasteiger partial charge is 0.234 e. The summed E-state index contributed by atoms with van der Waals surface area (Å²) in [6.45, 7) is 4.41. The van der Waals surface area contributed by atoms with Crippen molar-refractivity contribution >= 4 is 27.3 Å². The Bertz CT molecular complexity index is 207. The Morgan fingerprint density at radius 2 is 2.40 bits per heavy atom. The summed E-state index contributed by atoms with van der Waals surface area (Å²) in [7, 11) is 0. The second-order valence-electron chi connectivity index (χ2n) is 2.66. The van der Waals surface area contributed by atoms with Gasteiger partial charge < -0.3 is 0 Å². The molecule has 0 aliphatic carbocycles. The van der Waals surface area contributed by atoms with Gasteiger partial charge in [-0.2, -0.15) is 0 Å². The highest BCUT2D eigenvalue weighted by Gasteiger charge is 2.01. The lowest BCUT2D eigenvalue weighted by atomic mass is 10.1. The molecule has 0 aromatic carbocycles. The first kappa shape index (κ1) is 8.21. The van der Waals surface area contributed by atoms with Gasteiger partial charge in [0.15, 0.2) is 0 Å². The molecule has 0 unspecified atom stereocenters. The van der Waals surface area contributed by atoms with Crippen molar-refractivity contribution in [1.82, 2.24) is 4.98 Å². The predicted molar refractivity (Wildman–Crippen MR) is 48.4 cm³/mol. The highest BCUT2D eigenvalue weighted by molar-refractivity contribution is 9.10. The molecule has 0 atom stereocenters. The van der Waals surface area contributed by atoms with Crippen LogP contribution in [0.5, 0.6) is 0 Å². The van der Waals surface area contributed by atoms with Gasteiger partial charge in [0.25, 0.3) is 0 Å². The number of hydrogen-bond donors (Lipinski definition) is 0. The number of halogens is 1. The first-order valence-corrected chi connectivity index (χ1v) is 4.95. The van der Waals surface area contributed by atoms with Gasteiger partial charge in [-0.1, -0.05) is 13.8 Å². The third kappa shape index (κ3) is 2.39. The molecule has 0 aliphatic rings. The Morgan fingerprint density at radius 1 is 1.70 bits per heavy atom. The Morgan fingerprint density at radius 3 is 2.80 bits per heavy atom. The minimum atomic E-state index is 0.707. The van der Waals surface area contributed by atoms with E-state index in [-0.39, 0.29) is 0 Å². The summed E-state index contributed by atoms with van der Waals surface area (Å²) in [6.07, 6.45) is 1.09. The molecule has 1 aromatic heterocycles. The lowest BCUT2D eigenvalue weighted by molar-refractivity contribution is 0.644. The van der Waals surface area contributed by atoms with E-state index in [0.29, 0.717) is 5.92 Å². The molecule has 0 N–H and O–H groups in total. The zero-order chi connectivity index (χ0) is 7.56. The van der Waals surface area contributed by atoms with Crippen LogP contribution in [0.1, 0.15) is 18.9 Å². The fraction of sp³-hybridized carbons (Fsp3) is 0.571. The zero-order valence-corrected chi connectivity index (χ0v) is 8.50. The van der Waals surface area contributed by atoms with Crippen molar-refractivity contribution in [2.24, 2.45) is 5.92 Å². The molecule has 0 bridgehead atoms. The molecule has 0 spiro atoms. The summed E-state index contributed by atoms with van der Waals surface area (Å²) in [5.74, 6) is 0.707. The standard InChI is InChI=1S/C7H10BrNS/c1-5(2)3-7-9-6(8)4-10-7/h4-5H,3H2,1-2H3. The summed E-state index contributed by atoms with van der Waals surface area (Å²) >= 11 is 5.04. The molecule has 56 valence electrons. The summed E-state index contributed by atoms with van der Waals surface area (Å²) < 4.78 is 0.966. The fourth-order valence-corrected chi connectivity index (χ4v) is 2.21. The van der Waals surface area contributed by atoms with E-state index in [0.717, 1.165) is 11.0 Å². The van der Waals surface area contributed by atoms with Crippen molar-refractivity contribution in [3.63, 3.8) is 0 Å². The second kappa shape index (κ2) is 3.49. The van der Waals surface area contributed by atoms with Crippen LogP contribution in [0.2, 0.25) is 0 Å². The predicted octanol–water partition coefficient (Wildman–Crippen LogP) is 3.10. The van der Waals surface area contributed by atoms with Gasteiger partial charge in [-0.05, 0) is 21.8 Å². The topological polar surface area (TPSA) is 12.9 Å². The van der Waals surface area contributed by atoms with E-state index in [1.165, 1.54) is 5.01 Å². The molecule has 1 nitrogen and oxygen atoms in total. The highest BCUT2D eigenvalue weighted by atomic mass is 79.9. The van der Waals surface area contributed by atoms with E-state index < -0.39 is 0 Å². The van der Waals surface area contributed by atoms with E-state index in [4.69, 9.17) is 0 Å². The molecular weight excluding hydrogens is 210 g/mol. The quantitative estimate of drug-likeness (QED) is 0.746. The van der Waals surface area contributed by atoms with Crippen LogP contribution in [-0.2, 0) is 6.42 Å². The SMILES string of the molecule is CC(C)Cc1nc(Br)cs1. The summed E-state index contributed by atoms with van der Waals surface area (Å²) in [4.78, 5) is 4.29. The molecular formula is C7H10BrNS. The average Bonchev–Trinajstić information content (AvgIpc) is 2.13. The molecule has 0 fully saturated rings. The van der Waals surface area contributed by atoms with Crippen molar-refractivity contribution in [3.05, 3.63) is 15.0 Å². The van der Waals surface area contributed by atoms with Gasteiger partial charge in [0.1, 0.15) is 4.60 Å². The molecule has 1 aromatic rings. The maximum atomic E-state index is 4.29. The van der Waals surface area contributed by atoms with Crippen LogP contribution in [0.15, 0.2) is 9.98 Å². The number of thiazole rings is 1. The van der Waals surface area contributed by atoms with Gasteiger partial charge in [-0.25, -0.2) is 4.98 Å². The molecule has 0 radical (unpaired) electrons. The van der Waals surface area contributed by atoms with Gasteiger partial charge in [-0.3, -0.25) is 0 Å². The van der Waals surface area contributed by atoms with Crippen LogP contribution in [0.3, 0.4) is 0 Å². The van der Waals surface area contributed by atoms with Crippen molar-refractivity contribution in [1.29, 1.82) is 0 Å². The van der Waals surface area contributed by atoms with Crippen LogP contribution < -0.4 is 0 Å². The maximum absolute atomic E-state index is 4.29. The van der Waals surface area contributed by atoms with E-state index in [2.05, 4.69) is 34.8 Å². The molecule has 10 heavy (non-hydrogen) atoms. The summed E-state index contributed by atoms with van der Waals surface area (Å²) in [6, 6.07) is 0. The van der Waals surface area contributed by atoms with Gasteiger partial charge >= 0.3 is 0 Å². The monoisotopic (exact) mass is 219 g/mol. The van der Waals surface area contributed by atoms with Gasteiger partial charge in [0.05, 0.1) is 5.01 Å². The van der Waals surface area contributed by atoms with Crippen LogP contribution >= 0.6 is 27.3 Å². The molecule has 1 heterocycles. The number of hydrogen-bond acceptors (Lipinski definition) is 2. The molecule has 0 aliphatic heterocycles. The zero-order valence-electron chi connectivity index (χ0n) is 6.10. The van der Waals surface area contributed by atoms with Gasteiger partial charge in [0.2, 0.25) is 0 Å². The fourth-order valence-electron chi connectivity index (χ4n) is 0.731. The molecule has 0 saturated carbocycles. The second-order valence-corrected chi connectivity index (χ2v) is 4.42. The lowest BCUT2D eigenvalue weighted by Gasteiger charge is -1.97. The smallest absolute Gasteiger partial charge is 0.117 e. The minimum Gasteiger partial charge on any atom is -0.234 e. The van der Waals surface area contributed by atoms with Crippen LogP contribution in [0.4, 0.5) is 0 Å². The van der Waals surface area contributed by atoms with E-state index in [1.807, 2.05) is 5.38 Å².